The number of hydrogen-bond donors (Lipinski definition) is 1. The zero-order chi connectivity index (χ0) is 9.52. The molecular formula is C8H17NO4. The van der Waals surface area contributed by atoms with Gasteiger partial charge in [0.1, 0.15) is 25.8 Å². The summed E-state index contributed by atoms with van der Waals surface area (Å²) in [6, 6.07) is 0. The van der Waals surface area contributed by atoms with Crippen LogP contribution in [0.1, 0.15) is 0 Å². The van der Waals surface area contributed by atoms with E-state index in [9.17, 15) is 0 Å². The summed E-state index contributed by atoms with van der Waals surface area (Å²) >= 11 is 0. The minimum atomic E-state index is 0.0649. The second-order valence-corrected chi connectivity index (χ2v) is 2.88. The van der Waals surface area contributed by atoms with Gasteiger partial charge in [0.25, 0.3) is 0 Å². The van der Waals surface area contributed by atoms with Crippen molar-refractivity contribution in [3.05, 3.63) is 0 Å². The van der Waals surface area contributed by atoms with Gasteiger partial charge in [-0.25, -0.2) is 0 Å². The van der Waals surface area contributed by atoms with Crippen LogP contribution in [-0.2, 0) is 18.9 Å². The minimum Gasteiger partial charge on any atom is -0.359 e. The summed E-state index contributed by atoms with van der Waals surface area (Å²) in [5.74, 6) is 0. The van der Waals surface area contributed by atoms with Crippen molar-refractivity contribution in [1.29, 1.82) is 0 Å². The molecule has 0 aromatic carbocycles. The normalized spacial score (nSPS) is 28.2. The second-order valence-electron chi connectivity index (χ2n) is 2.88. The van der Waals surface area contributed by atoms with Crippen molar-refractivity contribution in [3.63, 3.8) is 0 Å². The van der Waals surface area contributed by atoms with Crippen molar-refractivity contribution >= 4 is 0 Å². The largest absolute Gasteiger partial charge is 0.359 e. The van der Waals surface area contributed by atoms with Crippen LogP contribution in [0.25, 0.3) is 0 Å². The SMILES string of the molecule is COCO[C@H]1CNC[C@@H]1OCOC. The van der Waals surface area contributed by atoms with Crippen LogP contribution in [0.2, 0.25) is 0 Å². The molecule has 1 fully saturated rings. The lowest BCUT2D eigenvalue weighted by molar-refractivity contribution is -0.139. The van der Waals surface area contributed by atoms with E-state index >= 15 is 0 Å². The van der Waals surface area contributed by atoms with E-state index in [1.807, 2.05) is 0 Å². The van der Waals surface area contributed by atoms with Crippen molar-refractivity contribution < 1.29 is 18.9 Å². The topological polar surface area (TPSA) is 49.0 Å². The minimum absolute atomic E-state index is 0.0649. The maximum atomic E-state index is 5.40. The molecule has 1 aliphatic heterocycles. The van der Waals surface area contributed by atoms with Crippen molar-refractivity contribution in [2.24, 2.45) is 0 Å². The molecule has 1 aliphatic rings. The molecule has 0 aliphatic carbocycles. The number of ether oxygens (including phenoxy) is 4. The fraction of sp³-hybridized carbons (Fsp3) is 1.00. The molecule has 0 aromatic rings. The quantitative estimate of drug-likeness (QED) is 0.577. The van der Waals surface area contributed by atoms with Gasteiger partial charge in [-0.2, -0.15) is 0 Å². The highest BCUT2D eigenvalue weighted by atomic mass is 16.7. The molecule has 1 heterocycles. The summed E-state index contributed by atoms with van der Waals surface area (Å²) in [5, 5.41) is 3.18. The van der Waals surface area contributed by atoms with Crippen LogP contribution in [0.4, 0.5) is 0 Å². The molecular weight excluding hydrogens is 174 g/mol. The van der Waals surface area contributed by atoms with Gasteiger partial charge in [-0.3, -0.25) is 0 Å². The highest BCUT2D eigenvalue weighted by Crippen LogP contribution is 2.08. The highest BCUT2D eigenvalue weighted by Gasteiger charge is 2.28. The first kappa shape index (κ1) is 10.9. The molecule has 0 unspecified atom stereocenters. The van der Waals surface area contributed by atoms with Crippen LogP contribution < -0.4 is 5.32 Å². The van der Waals surface area contributed by atoms with Crippen molar-refractivity contribution in [2.75, 3.05) is 40.9 Å². The van der Waals surface area contributed by atoms with Gasteiger partial charge in [0.05, 0.1) is 0 Å². The summed E-state index contributed by atoms with van der Waals surface area (Å²) in [4.78, 5) is 0. The Kier molecular flexibility index (Phi) is 5.26. The zero-order valence-electron chi connectivity index (χ0n) is 8.12. The number of nitrogens with one attached hydrogen (secondary N) is 1. The molecule has 0 radical (unpaired) electrons. The molecule has 1 saturated heterocycles. The number of rotatable bonds is 6. The average Bonchev–Trinajstić information content (AvgIpc) is 2.59. The van der Waals surface area contributed by atoms with Crippen molar-refractivity contribution in [2.45, 2.75) is 12.2 Å². The van der Waals surface area contributed by atoms with E-state index < -0.39 is 0 Å². The number of methoxy groups -OCH3 is 2. The molecule has 78 valence electrons. The van der Waals surface area contributed by atoms with E-state index in [2.05, 4.69) is 5.32 Å². The monoisotopic (exact) mass is 191 g/mol. The Morgan fingerprint density at radius 1 is 1.00 bits per heavy atom. The van der Waals surface area contributed by atoms with E-state index in [1.165, 1.54) is 0 Å². The van der Waals surface area contributed by atoms with Crippen LogP contribution in [0, 0.1) is 0 Å². The molecule has 1 N–H and O–H groups in total. The standard InChI is InChI=1S/C8H17NO4/c1-10-5-12-7-3-9-4-8(7)13-6-11-2/h7-9H,3-6H2,1-2H3/t7-,8-/m0/s1. The van der Waals surface area contributed by atoms with E-state index in [4.69, 9.17) is 18.9 Å². The second kappa shape index (κ2) is 6.28. The highest BCUT2D eigenvalue weighted by molar-refractivity contribution is 4.82. The number of hydrogen-bond acceptors (Lipinski definition) is 5. The van der Waals surface area contributed by atoms with Crippen LogP contribution in [-0.4, -0.2) is 53.1 Å². The third-order valence-electron chi connectivity index (χ3n) is 1.91. The van der Waals surface area contributed by atoms with Crippen LogP contribution in [0.3, 0.4) is 0 Å². The van der Waals surface area contributed by atoms with Crippen LogP contribution in [0.15, 0.2) is 0 Å². The maximum absolute atomic E-state index is 5.40. The van der Waals surface area contributed by atoms with Gasteiger partial charge in [0.2, 0.25) is 0 Å². The summed E-state index contributed by atoms with van der Waals surface area (Å²) in [5.41, 5.74) is 0. The third-order valence-corrected chi connectivity index (χ3v) is 1.91. The van der Waals surface area contributed by atoms with E-state index in [1.54, 1.807) is 14.2 Å². The first-order valence-corrected chi connectivity index (χ1v) is 4.30. The Morgan fingerprint density at radius 2 is 1.46 bits per heavy atom. The molecule has 5 nitrogen and oxygen atoms in total. The summed E-state index contributed by atoms with van der Waals surface area (Å²) in [6.07, 6.45) is 0.130. The molecule has 1 rings (SSSR count). The lowest BCUT2D eigenvalue weighted by Crippen LogP contribution is -2.31. The van der Waals surface area contributed by atoms with Gasteiger partial charge in [-0.05, 0) is 0 Å². The Morgan fingerprint density at radius 3 is 1.85 bits per heavy atom. The fourth-order valence-electron chi connectivity index (χ4n) is 1.27. The summed E-state index contributed by atoms with van der Waals surface area (Å²) < 4.78 is 20.4. The Balaban J connectivity index is 2.18. The maximum Gasteiger partial charge on any atom is 0.146 e. The lowest BCUT2D eigenvalue weighted by Gasteiger charge is -2.18. The molecule has 13 heavy (non-hydrogen) atoms. The van der Waals surface area contributed by atoms with Gasteiger partial charge in [0.15, 0.2) is 0 Å². The smallest absolute Gasteiger partial charge is 0.146 e. The van der Waals surface area contributed by atoms with Gasteiger partial charge in [-0.15, -0.1) is 0 Å². The first-order chi connectivity index (χ1) is 6.38. The Labute approximate surface area is 78.3 Å². The molecule has 0 aromatic heterocycles. The average molecular weight is 191 g/mol. The molecule has 0 saturated carbocycles. The predicted molar refractivity (Wildman–Crippen MR) is 46.4 cm³/mol. The third kappa shape index (κ3) is 3.58. The first-order valence-electron chi connectivity index (χ1n) is 4.30. The molecule has 0 bridgehead atoms. The molecule has 2 atom stereocenters. The molecule has 5 heteroatoms. The van der Waals surface area contributed by atoms with Crippen molar-refractivity contribution in [1.82, 2.24) is 5.32 Å². The molecule has 0 spiro atoms. The fourth-order valence-corrected chi connectivity index (χ4v) is 1.27. The van der Waals surface area contributed by atoms with Crippen molar-refractivity contribution in [3.8, 4) is 0 Å². The van der Waals surface area contributed by atoms with Gasteiger partial charge >= 0.3 is 0 Å². The van der Waals surface area contributed by atoms with Gasteiger partial charge < -0.3 is 24.3 Å². The Bertz CT molecular complexity index is 119. The predicted octanol–water partition coefficient (Wildman–Crippen LogP) is -0.432. The Hall–Kier alpha value is -0.200. The van der Waals surface area contributed by atoms with E-state index in [0.717, 1.165) is 13.1 Å². The van der Waals surface area contributed by atoms with Gasteiger partial charge in [0, 0.05) is 27.3 Å². The van der Waals surface area contributed by atoms with Crippen LogP contribution >= 0.6 is 0 Å². The van der Waals surface area contributed by atoms with Crippen LogP contribution in [0.5, 0.6) is 0 Å². The van der Waals surface area contributed by atoms with Gasteiger partial charge in [-0.1, -0.05) is 0 Å². The summed E-state index contributed by atoms with van der Waals surface area (Å²) in [6.45, 7) is 2.22. The molecule has 0 amide bonds. The van der Waals surface area contributed by atoms with E-state index in [-0.39, 0.29) is 12.2 Å². The lowest BCUT2D eigenvalue weighted by atomic mass is 10.2. The summed E-state index contributed by atoms with van der Waals surface area (Å²) in [7, 11) is 3.21. The zero-order valence-corrected chi connectivity index (χ0v) is 8.12. The van der Waals surface area contributed by atoms with E-state index in [0.29, 0.717) is 13.6 Å².